The van der Waals surface area contributed by atoms with Crippen LogP contribution in [0.3, 0.4) is 0 Å². The SMILES string of the molecule is Cc1ccc(NS(=O)(=O)CCCNC(C)C)c(C)n1. The highest BCUT2D eigenvalue weighted by atomic mass is 32.2. The molecule has 0 aromatic carbocycles. The second-order valence-corrected chi connectivity index (χ2v) is 6.81. The zero-order valence-corrected chi connectivity index (χ0v) is 12.8. The van der Waals surface area contributed by atoms with Crippen LogP contribution in [0.25, 0.3) is 0 Å². The van der Waals surface area contributed by atoms with Gasteiger partial charge in [-0.2, -0.15) is 0 Å². The topological polar surface area (TPSA) is 71.1 Å². The molecule has 0 unspecified atom stereocenters. The number of aryl methyl sites for hydroxylation is 2. The van der Waals surface area contributed by atoms with Crippen molar-refractivity contribution in [3.8, 4) is 0 Å². The summed E-state index contributed by atoms with van der Waals surface area (Å²) in [4.78, 5) is 4.24. The summed E-state index contributed by atoms with van der Waals surface area (Å²) >= 11 is 0. The number of rotatable bonds is 7. The minimum atomic E-state index is -3.30. The lowest BCUT2D eigenvalue weighted by Gasteiger charge is -2.11. The molecule has 0 atom stereocenters. The Balaban J connectivity index is 2.54. The van der Waals surface area contributed by atoms with Gasteiger partial charge in [-0.25, -0.2) is 8.42 Å². The molecule has 19 heavy (non-hydrogen) atoms. The molecule has 0 aliphatic heterocycles. The number of hydrogen-bond donors (Lipinski definition) is 2. The van der Waals surface area contributed by atoms with E-state index in [0.29, 0.717) is 30.4 Å². The molecule has 0 aliphatic carbocycles. The van der Waals surface area contributed by atoms with Crippen LogP contribution < -0.4 is 10.0 Å². The van der Waals surface area contributed by atoms with Crippen LogP contribution >= 0.6 is 0 Å². The highest BCUT2D eigenvalue weighted by Crippen LogP contribution is 2.14. The Bertz CT molecular complexity index is 513. The fraction of sp³-hybridized carbons (Fsp3) is 0.615. The van der Waals surface area contributed by atoms with E-state index in [0.717, 1.165) is 5.69 Å². The lowest BCUT2D eigenvalue weighted by atomic mass is 10.3. The summed E-state index contributed by atoms with van der Waals surface area (Å²) in [7, 11) is -3.30. The van der Waals surface area contributed by atoms with E-state index in [2.05, 4.69) is 15.0 Å². The second-order valence-electron chi connectivity index (χ2n) is 4.97. The molecule has 1 rings (SSSR count). The van der Waals surface area contributed by atoms with E-state index in [1.807, 2.05) is 20.8 Å². The van der Waals surface area contributed by atoms with Crippen LogP contribution in [0.1, 0.15) is 31.7 Å². The summed E-state index contributed by atoms with van der Waals surface area (Å²) < 4.78 is 26.4. The molecule has 0 spiro atoms. The molecule has 6 heteroatoms. The molecule has 0 saturated heterocycles. The van der Waals surface area contributed by atoms with Crippen molar-refractivity contribution in [3.05, 3.63) is 23.5 Å². The van der Waals surface area contributed by atoms with Crippen LogP contribution in [0.2, 0.25) is 0 Å². The first kappa shape index (κ1) is 15.9. The van der Waals surface area contributed by atoms with Crippen LogP contribution in [-0.4, -0.2) is 31.7 Å². The van der Waals surface area contributed by atoms with Crippen molar-refractivity contribution >= 4 is 15.7 Å². The number of nitrogens with zero attached hydrogens (tertiary/aromatic N) is 1. The van der Waals surface area contributed by atoms with Gasteiger partial charge < -0.3 is 5.32 Å². The largest absolute Gasteiger partial charge is 0.314 e. The van der Waals surface area contributed by atoms with Crippen molar-refractivity contribution in [2.45, 2.75) is 40.2 Å². The van der Waals surface area contributed by atoms with Crippen molar-refractivity contribution in [2.24, 2.45) is 0 Å². The van der Waals surface area contributed by atoms with Crippen molar-refractivity contribution in [3.63, 3.8) is 0 Å². The van der Waals surface area contributed by atoms with Gasteiger partial charge in [-0.15, -0.1) is 0 Å². The minimum Gasteiger partial charge on any atom is -0.314 e. The summed E-state index contributed by atoms with van der Waals surface area (Å²) in [5.41, 5.74) is 2.13. The van der Waals surface area contributed by atoms with Crippen LogP contribution in [-0.2, 0) is 10.0 Å². The first-order valence-corrected chi connectivity index (χ1v) is 8.13. The molecule has 1 aromatic heterocycles. The molecular formula is C13H23N3O2S. The van der Waals surface area contributed by atoms with Crippen LogP contribution in [0, 0.1) is 13.8 Å². The molecule has 1 heterocycles. The van der Waals surface area contributed by atoms with Crippen molar-refractivity contribution in [1.82, 2.24) is 10.3 Å². The number of hydrogen-bond acceptors (Lipinski definition) is 4. The van der Waals surface area contributed by atoms with Gasteiger partial charge in [-0.3, -0.25) is 9.71 Å². The molecule has 1 aromatic rings. The average Bonchev–Trinajstić information content (AvgIpc) is 2.28. The number of aromatic nitrogens is 1. The fourth-order valence-electron chi connectivity index (χ4n) is 1.67. The Morgan fingerprint density at radius 1 is 1.26 bits per heavy atom. The van der Waals surface area contributed by atoms with Crippen molar-refractivity contribution < 1.29 is 8.42 Å². The maximum absolute atomic E-state index is 11.9. The molecule has 0 amide bonds. The van der Waals surface area contributed by atoms with E-state index in [1.165, 1.54) is 0 Å². The molecule has 0 fully saturated rings. The summed E-state index contributed by atoms with van der Waals surface area (Å²) in [6.45, 7) is 8.44. The first-order valence-electron chi connectivity index (χ1n) is 6.48. The highest BCUT2D eigenvalue weighted by Gasteiger charge is 2.12. The van der Waals surface area contributed by atoms with Crippen molar-refractivity contribution in [1.29, 1.82) is 0 Å². The zero-order chi connectivity index (χ0) is 14.5. The molecule has 2 N–H and O–H groups in total. The van der Waals surface area contributed by atoms with Gasteiger partial charge in [0.15, 0.2) is 0 Å². The maximum Gasteiger partial charge on any atom is 0.232 e. The summed E-state index contributed by atoms with van der Waals surface area (Å²) in [5.74, 6) is 0.111. The molecular weight excluding hydrogens is 262 g/mol. The lowest BCUT2D eigenvalue weighted by molar-refractivity contribution is 0.571. The van der Waals surface area contributed by atoms with Gasteiger partial charge in [0, 0.05) is 11.7 Å². The van der Waals surface area contributed by atoms with Gasteiger partial charge in [0.25, 0.3) is 0 Å². The van der Waals surface area contributed by atoms with E-state index in [4.69, 9.17) is 0 Å². The molecule has 0 bridgehead atoms. The number of sulfonamides is 1. The average molecular weight is 285 g/mol. The second kappa shape index (κ2) is 6.86. The van der Waals surface area contributed by atoms with Gasteiger partial charge in [-0.05, 0) is 38.9 Å². The van der Waals surface area contributed by atoms with Gasteiger partial charge >= 0.3 is 0 Å². The molecule has 5 nitrogen and oxygen atoms in total. The monoisotopic (exact) mass is 285 g/mol. The minimum absolute atomic E-state index is 0.111. The first-order chi connectivity index (χ1) is 8.80. The third-order valence-corrected chi connectivity index (χ3v) is 3.99. The normalized spacial score (nSPS) is 11.8. The maximum atomic E-state index is 11.9. The quantitative estimate of drug-likeness (QED) is 0.750. The summed E-state index contributed by atoms with van der Waals surface area (Å²) in [6, 6.07) is 3.92. The van der Waals surface area contributed by atoms with E-state index in [-0.39, 0.29) is 5.75 Å². The lowest BCUT2D eigenvalue weighted by Crippen LogP contribution is -2.26. The van der Waals surface area contributed by atoms with Gasteiger partial charge in [0.2, 0.25) is 10.0 Å². The van der Waals surface area contributed by atoms with E-state index in [1.54, 1.807) is 19.1 Å². The Kier molecular flexibility index (Phi) is 5.75. The Morgan fingerprint density at radius 3 is 2.53 bits per heavy atom. The van der Waals surface area contributed by atoms with E-state index < -0.39 is 10.0 Å². The predicted octanol–water partition coefficient (Wildman–Crippen LogP) is 1.83. The number of pyridine rings is 1. The Labute approximate surface area is 115 Å². The fourth-order valence-corrected chi connectivity index (χ4v) is 2.84. The van der Waals surface area contributed by atoms with Gasteiger partial charge in [0.05, 0.1) is 17.1 Å². The van der Waals surface area contributed by atoms with Crippen molar-refractivity contribution in [2.75, 3.05) is 17.0 Å². The third kappa shape index (κ3) is 6.02. The molecule has 0 aliphatic rings. The highest BCUT2D eigenvalue weighted by molar-refractivity contribution is 7.92. The van der Waals surface area contributed by atoms with E-state index >= 15 is 0 Å². The zero-order valence-electron chi connectivity index (χ0n) is 12.0. The smallest absolute Gasteiger partial charge is 0.232 e. The van der Waals surface area contributed by atoms with Gasteiger partial charge in [-0.1, -0.05) is 13.8 Å². The third-order valence-electron chi connectivity index (χ3n) is 2.63. The molecule has 108 valence electrons. The van der Waals surface area contributed by atoms with Crippen LogP contribution in [0.4, 0.5) is 5.69 Å². The van der Waals surface area contributed by atoms with E-state index in [9.17, 15) is 8.42 Å². The molecule has 0 saturated carbocycles. The molecule has 0 radical (unpaired) electrons. The summed E-state index contributed by atoms with van der Waals surface area (Å²) in [6.07, 6.45) is 0.589. The van der Waals surface area contributed by atoms with Crippen LogP contribution in [0.5, 0.6) is 0 Å². The van der Waals surface area contributed by atoms with Gasteiger partial charge in [0.1, 0.15) is 0 Å². The van der Waals surface area contributed by atoms with Crippen LogP contribution in [0.15, 0.2) is 12.1 Å². The number of anilines is 1. The Hall–Kier alpha value is -1.14. The summed E-state index contributed by atoms with van der Waals surface area (Å²) in [5, 5.41) is 3.20. The Morgan fingerprint density at radius 2 is 1.95 bits per heavy atom. The number of nitrogens with one attached hydrogen (secondary N) is 2. The predicted molar refractivity (Wildman–Crippen MR) is 78.9 cm³/mol. The standard InChI is InChI=1S/C13H23N3O2S/c1-10(2)14-8-5-9-19(17,18)16-13-7-6-11(3)15-12(13)4/h6-7,10,14,16H,5,8-9H2,1-4H3.